The zero-order valence-corrected chi connectivity index (χ0v) is 12.4. The molecule has 0 aromatic heterocycles. The first kappa shape index (κ1) is 14.6. The van der Waals surface area contributed by atoms with Gasteiger partial charge in [0.2, 0.25) is 0 Å². The second-order valence-electron chi connectivity index (χ2n) is 5.17. The van der Waals surface area contributed by atoms with Gasteiger partial charge < -0.3 is 14.7 Å². The third kappa shape index (κ3) is 3.22. The Hall–Kier alpha value is -0.770. The number of aliphatic hydroxyl groups is 1. The van der Waals surface area contributed by atoms with Crippen molar-refractivity contribution in [2.75, 3.05) is 26.7 Å². The molecule has 0 saturated carbocycles. The number of rotatable bonds is 3. The third-order valence-corrected chi connectivity index (χ3v) is 4.35. The van der Waals surface area contributed by atoms with Crippen molar-refractivity contribution in [1.29, 1.82) is 0 Å². The van der Waals surface area contributed by atoms with Crippen LogP contribution in [0, 0.1) is 0 Å². The highest BCUT2D eigenvalue weighted by molar-refractivity contribution is 6.32. The predicted octanol–water partition coefficient (Wildman–Crippen LogP) is 3.04. The average molecular weight is 284 g/mol. The van der Waals surface area contributed by atoms with Gasteiger partial charge in [-0.15, -0.1) is 0 Å². The number of ether oxygens (including phenoxy) is 1. The number of likely N-dealkylation sites (tertiary alicyclic amines) is 1. The van der Waals surface area contributed by atoms with E-state index in [0.717, 1.165) is 44.5 Å². The van der Waals surface area contributed by atoms with Crippen LogP contribution in [-0.4, -0.2) is 36.8 Å². The van der Waals surface area contributed by atoms with Gasteiger partial charge in [0.15, 0.2) is 0 Å². The topological polar surface area (TPSA) is 32.7 Å². The van der Waals surface area contributed by atoms with Crippen LogP contribution in [0.5, 0.6) is 5.75 Å². The van der Waals surface area contributed by atoms with E-state index in [0.29, 0.717) is 10.8 Å². The molecule has 0 amide bonds. The smallest absolute Gasteiger partial charge is 0.137 e. The zero-order chi connectivity index (χ0) is 13.9. The van der Waals surface area contributed by atoms with Gasteiger partial charge in [0.25, 0.3) is 0 Å². The molecule has 19 heavy (non-hydrogen) atoms. The summed E-state index contributed by atoms with van der Waals surface area (Å²) in [5, 5.41) is 11.5. The zero-order valence-electron chi connectivity index (χ0n) is 11.7. The summed E-state index contributed by atoms with van der Waals surface area (Å²) in [6.45, 7) is 5.19. The first-order chi connectivity index (χ1) is 9.09. The standard InChI is InChI=1S/C15H22ClNO2/c1-3-17-9-4-7-15(18,8-10-17)12-5-6-13(16)14(11-12)19-2/h5-6,11,18H,3-4,7-10H2,1-2H3. The molecule has 1 atom stereocenters. The Labute approximate surface area is 120 Å². The van der Waals surface area contributed by atoms with Crippen LogP contribution >= 0.6 is 11.6 Å². The fraction of sp³-hybridized carbons (Fsp3) is 0.600. The van der Waals surface area contributed by atoms with E-state index in [1.165, 1.54) is 0 Å². The lowest BCUT2D eigenvalue weighted by Crippen LogP contribution is -2.29. The van der Waals surface area contributed by atoms with Gasteiger partial charge in [0.05, 0.1) is 17.7 Å². The van der Waals surface area contributed by atoms with Gasteiger partial charge in [0, 0.05) is 6.54 Å². The summed E-state index contributed by atoms with van der Waals surface area (Å²) in [7, 11) is 1.60. The molecule has 1 heterocycles. The number of methoxy groups -OCH3 is 1. The Morgan fingerprint density at radius 3 is 2.84 bits per heavy atom. The lowest BCUT2D eigenvalue weighted by atomic mass is 9.87. The van der Waals surface area contributed by atoms with Crippen molar-refractivity contribution in [3.8, 4) is 5.75 Å². The van der Waals surface area contributed by atoms with Crippen LogP contribution in [0.3, 0.4) is 0 Å². The van der Waals surface area contributed by atoms with Crippen LogP contribution in [0.4, 0.5) is 0 Å². The van der Waals surface area contributed by atoms with Crippen LogP contribution in [-0.2, 0) is 5.60 Å². The molecule has 0 bridgehead atoms. The van der Waals surface area contributed by atoms with Crippen molar-refractivity contribution in [2.45, 2.75) is 31.8 Å². The van der Waals surface area contributed by atoms with Crippen LogP contribution in [0.1, 0.15) is 31.7 Å². The largest absolute Gasteiger partial charge is 0.495 e. The Morgan fingerprint density at radius 2 is 2.16 bits per heavy atom. The van der Waals surface area contributed by atoms with Crippen molar-refractivity contribution < 1.29 is 9.84 Å². The van der Waals surface area contributed by atoms with E-state index in [2.05, 4.69) is 11.8 Å². The molecule has 1 aromatic rings. The molecule has 0 aliphatic carbocycles. The van der Waals surface area contributed by atoms with Crippen LogP contribution < -0.4 is 4.74 Å². The molecule has 1 N–H and O–H groups in total. The maximum Gasteiger partial charge on any atom is 0.137 e. The summed E-state index contributed by atoms with van der Waals surface area (Å²) >= 11 is 6.04. The van der Waals surface area contributed by atoms with Gasteiger partial charge in [-0.3, -0.25) is 0 Å². The summed E-state index contributed by atoms with van der Waals surface area (Å²) in [5.74, 6) is 0.629. The van der Waals surface area contributed by atoms with Gasteiger partial charge in [-0.1, -0.05) is 24.6 Å². The van der Waals surface area contributed by atoms with Crippen LogP contribution in [0.15, 0.2) is 18.2 Å². The van der Waals surface area contributed by atoms with Crippen molar-refractivity contribution in [3.05, 3.63) is 28.8 Å². The molecule has 4 heteroatoms. The average Bonchev–Trinajstić information content (AvgIpc) is 2.62. The molecule has 1 aliphatic rings. The highest BCUT2D eigenvalue weighted by Crippen LogP contribution is 2.36. The number of nitrogens with zero attached hydrogens (tertiary/aromatic N) is 1. The lowest BCUT2D eigenvalue weighted by Gasteiger charge is -2.28. The third-order valence-electron chi connectivity index (χ3n) is 4.04. The molecule has 106 valence electrons. The monoisotopic (exact) mass is 283 g/mol. The van der Waals surface area contributed by atoms with E-state index in [9.17, 15) is 5.11 Å². The van der Waals surface area contributed by atoms with Gasteiger partial charge in [0.1, 0.15) is 5.75 Å². The highest BCUT2D eigenvalue weighted by atomic mass is 35.5. The van der Waals surface area contributed by atoms with Crippen molar-refractivity contribution in [1.82, 2.24) is 4.90 Å². The molecular formula is C15H22ClNO2. The fourth-order valence-electron chi connectivity index (χ4n) is 2.73. The Bertz CT molecular complexity index is 438. The molecule has 1 unspecified atom stereocenters. The van der Waals surface area contributed by atoms with E-state index < -0.39 is 5.60 Å². The molecule has 0 spiro atoms. The van der Waals surface area contributed by atoms with Gasteiger partial charge in [-0.05, 0) is 50.0 Å². The maximum absolute atomic E-state index is 10.9. The second-order valence-corrected chi connectivity index (χ2v) is 5.58. The SMILES string of the molecule is CCN1CCCC(O)(c2ccc(Cl)c(OC)c2)CC1. The quantitative estimate of drug-likeness (QED) is 0.925. The van der Waals surface area contributed by atoms with Gasteiger partial charge in [-0.25, -0.2) is 0 Å². The second kappa shape index (κ2) is 6.12. The normalized spacial score (nSPS) is 25.1. The van der Waals surface area contributed by atoms with Crippen molar-refractivity contribution in [2.24, 2.45) is 0 Å². The lowest BCUT2D eigenvalue weighted by molar-refractivity contribution is 0.0212. The van der Waals surface area contributed by atoms with E-state index in [1.54, 1.807) is 13.2 Å². The van der Waals surface area contributed by atoms with Crippen LogP contribution in [0.25, 0.3) is 0 Å². The minimum Gasteiger partial charge on any atom is -0.495 e. The van der Waals surface area contributed by atoms with E-state index >= 15 is 0 Å². The highest BCUT2D eigenvalue weighted by Gasteiger charge is 2.32. The summed E-state index contributed by atoms with van der Waals surface area (Å²) < 4.78 is 5.24. The fourth-order valence-corrected chi connectivity index (χ4v) is 2.92. The molecule has 1 aromatic carbocycles. The van der Waals surface area contributed by atoms with E-state index in [-0.39, 0.29) is 0 Å². The first-order valence-electron chi connectivity index (χ1n) is 6.88. The summed E-state index contributed by atoms with van der Waals surface area (Å²) in [5.41, 5.74) is 0.147. The molecule has 0 radical (unpaired) electrons. The summed E-state index contributed by atoms with van der Waals surface area (Å²) in [4.78, 5) is 2.38. The summed E-state index contributed by atoms with van der Waals surface area (Å²) in [6, 6.07) is 5.58. The molecule has 1 fully saturated rings. The number of hydrogen-bond donors (Lipinski definition) is 1. The minimum absolute atomic E-state index is 0.582. The first-order valence-corrected chi connectivity index (χ1v) is 7.25. The summed E-state index contributed by atoms with van der Waals surface area (Å²) in [6.07, 6.45) is 2.55. The number of halogens is 1. The van der Waals surface area contributed by atoms with Crippen molar-refractivity contribution in [3.63, 3.8) is 0 Å². The minimum atomic E-state index is -0.762. The van der Waals surface area contributed by atoms with Crippen LogP contribution in [0.2, 0.25) is 5.02 Å². The molecular weight excluding hydrogens is 262 g/mol. The van der Waals surface area contributed by atoms with Crippen molar-refractivity contribution >= 4 is 11.6 Å². The Morgan fingerprint density at radius 1 is 1.37 bits per heavy atom. The van der Waals surface area contributed by atoms with Gasteiger partial charge >= 0.3 is 0 Å². The van der Waals surface area contributed by atoms with E-state index in [1.807, 2.05) is 12.1 Å². The Balaban J connectivity index is 2.23. The maximum atomic E-state index is 10.9. The Kier molecular flexibility index (Phi) is 4.71. The number of benzene rings is 1. The predicted molar refractivity (Wildman–Crippen MR) is 77.9 cm³/mol. The molecule has 1 saturated heterocycles. The van der Waals surface area contributed by atoms with E-state index in [4.69, 9.17) is 16.3 Å². The molecule has 1 aliphatic heterocycles. The molecule has 2 rings (SSSR count). The number of hydrogen-bond acceptors (Lipinski definition) is 3. The van der Waals surface area contributed by atoms with Gasteiger partial charge in [-0.2, -0.15) is 0 Å². The molecule has 3 nitrogen and oxygen atoms in total.